The normalized spacial score (nSPS) is 9.90. The second-order valence-corrected chi connectivity index (χ2v) is 3.39. The molecule has 0 saturated heterocycles. The Labute approximate surface area is 77.4 Å². The Morgan fingerprint density at radius 2 is 2.40 bits per heavy atom. The van der Waals surface area contributed by atoms with Crippen LogP contribution in [0.1, 0.15) is 5.69 Å². The molecule has 1 aromatic heterocycles. The van der Waals surface area contributed by atoms with Crippen molar-refractivity contribution in [2.45, 2.75) is 6.61 Å². The van der Waals surface area contributed by atoms with Gasteiger partial charge in [-0.25, -0.2) is 0 Å². The van der Waals surface area contributed by atoms with Crippen molar-refractivity contribution in [3.8, 4) is 0 Å². The summed E-state index contributed by atoms with van der Waals surface area (Å²) in [6, 6.07) is 1.76. The van der Waals surface area contributed by atoms with Gasteiger partial charge in [0.1, 0.15) is 0 Å². The van der Waals surface area contributed by atoms with Crippen LogP contribution in [0.3, 0.4) is 0 Å². The van der Waals surface area contributed by atoms with E-state index in [9.17, 15) is 0 Å². The first-order valence-electron chi connectivity index (χ1n) is 2.65. The number of nitrogens with zero attached hydrogens (tertiary/aromatic N) is 1. The molecule has 0 fully saturated rings. The molecule has 0 radical (unpaired) electrons. The molecular formula is C6H5ClINO. The van der Waals surface area contributed by atoms with Crippen molar-refractivity contribution in [3.05, 3.63) is 26.5 Å². The maximum atomic E-state index is 8.66. The van der Waals surface area contributed by atoms with Gasteiger partial charge in [0.15, 0.2) is 0 Å². The third-order valence-corrected chi connectivity index (χ3v) is 1.95. The first-order valence-corrected chi connectivity index (χ1v) is 4.10. The molecule has 1 aromatic rings. The standard InChI is InChI=1S/C6H5ClINO/c7-5-1-4(8)2-9-6(5)3-10/h1-2,10H,3H2. The van der Waals surface area contributed by atoms with Crippen LogP contribution in [0.2, 0.25) is 5.02 Å². The molecule has 0 saturated carbocycles. The number of pyridine rings is 1. The molecule has 1 rings (SSSR count). The second kappa shape index (κ2) is 3.50. The minimum absolute atomic E-state index is 0.101. The van der Waals surface area contributed by atoms with Gasteiger partial charge in [0.05, 0.1) is 17.3 Å². The Hall–Kier alpha value is 0.130. The van der Waals surface area contributed by atoms with E-state index in [2.05, 4.69) is 27.6 Å². The van der Waals surface area contributed by atoms with Crippen LogP contribution in [0.25, 0.3) is 0 Å². The fourth-order valence-electron chi connectivity index (χ4n) is 0.559. The maximum Gasteiger partial charge on any atom is 0.0868 e. The molecule has 0 aliphatic carbocycles. The summed E-state index contributed by atoms with van der Waals surface area (Å²) in [6.07, 6.45) is 1.66. The molecule has 4 heteroatoms. The van der Waals surface area contributed by atoms with Crippen molar-refractivity contribution in [2.24, 2.45) is 0 Å². The monoisotopic (exact) mass is 269 g/mol. The summed E-state index contributed by atoms with van der Waals surface area (Å²) < 4.78 is 0.972. The van der Waals surface area contributed by atoms with Gasteiger partial charge in [-0.05, 0) is 28.7 Å². The third kappa shape index (κ3) is 1.81. The van der Waals surface area contributed by atoms with Crippen LogP contribution in [-0.4, -0.2) is 10.1 Å². The number of hydrogen-bond acceptors (Lipinski definition) is 2. The highest BCUT2D eigenvalue weighted by atomic mass is 127. The van der Waals surface area contributed by atoms with Crippen LogP contribution in [0.4, 0.5) is 0 Å². The molecule has 10 heavy (non-hydrogen) atoms. The highest BCUT2D eigenvalue weighted by Gasteiger charge is 1.99. The van der Waals surface area contributed by atoms with Crippen molar-refractivity contribution >= 4 is 34.2 Å². The lowest BCUT2D eigenvalue weighted by Crippen LogP contribution is -1.90. The van der Waals surface area contributed by atoms with Gasteiger partial charge < -0.3 is 5.11 Å². The Bertz CT molecular complexity index is 241. The van der Waals surface area contributed by atoms with E-state index in [-0.39, 0.29) is 6.61 Å². The summed E-state index contributed by atoms with van der Waals surface area (Å²) in [5.74, 6) is 0. The van der Waals surface area contributed by atoms with Crippen LogP contribution < -0.4 is 0 Å². The number of rotatable bonds is 1. The van der Waals surface area contributed by atoms with Gasteiger partial charge in [-0.15, -0.1) is 0 Å². The molecule has 0 unspecified atom stereocenters. The van der Waals surface area contributed by atoms with Crippen molar-refractivity contribution in [2.75, 3.05) is 0 Å². The lowest BCUT2D eigenvalue weighted by molar-refractivity contribution is 0.277. The predicted molar refractivity (Wildman–Crippen MR) is 47.9 cm³/mol. The maximum absolute atomic E-state index is 8.66. The average Bonchev–Trinajstić information content (AvgIpc) is 1.88. The Balaban J connectivity index is 3.07. The van der Waals surface area contributed by atoms with E-state index in [4.69, 9.17) is 16.7 Å². The number of halogens is 2. The molecule has 0 spiro atoms. The Kier molecular flexibility index (Phi) is 2.88. The fraction of sp³-hybridized carbons (Fsp3) is 0.167. The first kappa shape index (κ1) is 8.23. The van der Waals surface area contributed by atoms with Gasteiger partial charge in [-0.2, -0.15) is 0 Å². The summed E-state index contributed by atoms with van der Waals surface area (Å²) in [5, 5.41) is 9.18. The largest absolute Gasteiger partial charge is 0.390 e. The van der Waals surface area contributed by atoms with Gasteiger partial charge in [0, 0.05) is 9.77 Å². The summed E-state index contributed by atoms with van der Waals surface area (Å²) in [4.78, 5) is 3.91. The molecule has 0 atom stereocenters. The van der Waals surface area contributed by atoms with Gasteiger partial charge in [0.2, 0.25) is 0 Å². The highest BCUT2D eigenvalue weighted by molar-refractivity contribution is 14.1. The predicted octanol–water partition coefficient (Wildman–Crippen LogP) is 1.83. The van der Waals surface area contributed by atoms with Crippen LogP contribution >= 0.6 is 34.2 Å². The van der Waals surface area contributed by atoms with E-state index < -0.39 is 0 Å². The molecule has 0 aromatic carbocycles. The van der Waals surface area contributed by atoms with E-state index in [1.165, 1.54) is 0 Å². The summed E-state index contributed by atoms with van der Waals surface area (Å²) in [7, 11) is 0. The zero-order chi connectivity index (χ0) is 7.56. The SMILES string of the molecule is OCc1ncc(I)cc1Cl. The van der Waals surface area contributed by atoms with E-state index in [0.29, 0.717) is 10.7 Å². The van der Waals surface area contributed by atoms with E-state index >= 15 is 0 Å². The first-order chi connectivity index (χ1) is 4.74. The van der Waals surface area contributed by atoms with Crippen molar-refractivity contribution in [1.82, 2.24) is 4.98 Å². The Morgan fingerprint density at radius 3 is 2.90 bits per heavy atom. The van der Waals surface area contributed by atoms with E-state index in [1.54, 1.807) is 12.3 Å². The van der Waals surface area contributed by atoms with Gasteiger partial charge in [-0.1, -0.05) is 11.6 Å². The lowest BCUT2D eigenvalue weighted by atomic mass is 10.4. The summed E-state index contributed by atoms with van der Waals surface area (Å²) in [6.45, 7) is -0.101. The van der Waals surface area contributed by atoms with Crippen LogP contribution in [0.15, 0.2) is 12.3 Å². The average molecular weight is 269 g/mol. The van der Waals surface area contributed by atoms with Crippen molar-refractivity contribution < 1.29 is 5.11 Å². The van der Waals surface area contributed by atoms with Crippen LogP contribution in [0, 0.1) is 3.57 Å². The molecule has 2 nitrogen and oxygen atoms in total. The zero-order valence-corrected chi connectivity index (χ0v) is 7.93. The second-order valence-electron chi connectivity index (χ2n) is 1.74. The van der Waals surface area contributed by atoms with Gasteiger partial charge in [-0.3, -0.25) is 4.98 Å². The van der Waals surface area contributed by atoms with Crippen LogP contribution in [0.5, 0.6) is 0 Å². The summed E-state index contributed by atoms with van der Waals surface area (Å²) in [5.41, 5.74) is 0.530. The number of aliphatic hydroxyl groups excluding tert-OH is 1. The quantitative estimate of drug-likeness (QED) is 0.789. The van der Waals surface area contributed by atoms with Crippen LogP contribution in [-0.2, 0) is 6.61 Å². The minimum Gasteiger partial charge on any atom is -0.390 e. The molecular weight excluding hydrogens is 264 g/mol. The number of hydrogen-bond donors (Lipinski definition) is 1. The highest BCUT2D eigenvalue weighted by Crippen LogP contribution is 2.15. The molecule has 0 aliphatic heterocycles. The topological polar surface area (TPSA) is 33.1 Å². The number of aromatic nitrogens is 1. The van der Waals surface area contributed by atoms with E-state index in [1.807, 2.05) is 0 Å². The molecule has 0 aliphatic rings. The summed E-state index contributed by atoms with van der Waals surface area (Å²) >= 11 is 7.81. The van der Waals surface area contributed by atoms with Gasteiger partial charge >= 0.3 is 0 Å². The number of aliphatic hydroxyl groups is 1. The third-order valence-electron chi connectivity index (χ3n) is 1.03. The van der Waals surface area contributed by atoms with Crippen molar-refractivity contribution in [1.29, 1.82) is 0 Å². The lowest BCUT2D eigenvalue weighted by Gasteiger charge is -1.97. The van der Waals surface area contributed by atoms with Crippen molar-refractivity contribution in [3.63, 3.8) is 0 Å². The smallest absolute Gasteiger partial charge is 0.0868 e. The minimum atomic E-state index is -0.101. The molecule has 1 N–H and O–H groups in total. The molecule has 0 bridgehead atoms. The fourth-order valence-corrected chi connectivity index (χ4v) is 1.42. The zero-order valence-electron chi connectivity index (χ0n) is 5.01. The molecule has 54 valence electrons. The molecule has 0 amide bonds. The van der Waals surface area contributed by atoms with E-state index in [0.717, 1.165) is 3.57 Å². The Morgan fingerprint density at radius 1 is 1.70 bits per heavy atom. The van der Waals surface area contributed by atoms with Gasteiger partial charge in [0.25, 0.3) is 0 Å². The molecule has 1 heterocycles.